The van der Waals surface area contributed by atoms with Crippen LogP contribution in [0.25, 0.3) is 0 Å². The number of hydrogen-bond donors (Lipinski definition) is 0. The van der Waals surface area contributed by atoms with Gasteiger partial charge in [0.15, 0.2) is 5.82 Å². The Bertz CT molecular complexity index is 559. The van der Waals surface area contributed by atoms with E-state index < -0.39 is 0 Å². The van der Waals surface area contributed by atoms with Gasteiger partial charge in [-0.25, -0.2) is 14.8 Å². The van der Waals surface area contributed by atoms with Crippen molar-refractivity contribution in [1.29, 1.82) is 0 Å². The Morgan fingerprint density at radius 2 is 1.95 bits per heavy atom. The second kappa shape index (κ2) is 6.28. The quantitative estimate of drug-likeness (QED) is 0.617. The fraction of sp³-hybridized carbons (Fsp3) is 0.667. The topological polar surface area (TPSA) is 52.6 Å². The van der Waals surface area contributed by atoms with Crippen LogP contribution < -0.4 is 9.91 Å². The molecule has 7 heteroatoms. The first kappa shape index (κ1) is 15.3. The molecule has 1 aromatic rings. The second-order valence-electron chi connectivity index (χ2n) is 5.90. The number of anilines is 2. The highest BCUT2D eigenvalue weighted by Crippen LogP contribution is 2.37. The number of urea groups is 1. The maximum Gasteiger partial charge on any atom is 0.343 e. The van der Waals surface area contributed by atoms with Gasteiger partial charge in [-0.3, -0.25) is 9.91 Å². The number of hydrazine groups is 1. The van der Waals surface area contributed by atoms with Crippen molar-refractivity contribution in [2.45, 2.75) is 51.5 Å². The number of amides is 2. The Morgan fingerprint density at radius 1 is 1.27 bits per heavy atom. The Hall–Kier alpha value is -1.56. The fourth-order valence-electron chi connectivity index (χ4n) is 3.39. The lowest BCUT2D eigenvalue weighted by Crippen LogP contribution is -2.59. The molecule has 0 N–H and O–H groups in total. The van der Waals surface area contributed by atoms with Gasteiger partial charge in [-0.05, 0) is 31.4 Å². The molecule has 2 amide bonds. The van der Waals surface area contributed by atoms with Crippen LogP contribution in [-0.2, 0) is 0 Å². The highest BCUT2D eigenvalue weighted by Gasteiger charge is 2.38. The number of hydrogen-bond acceptors (Lipinski definition) is 4. The van der Waals surface area contributed by atoms with E-state index in [0.717, 1.165) is 24.3 Å². The third-order valence-corrected chi connectivity index (χ3v) is 4.72. The number of carbonyl (C=O) groups is 1. The van der Waals surface area contributed by atoms with Gasteiger partial charge in [-0.15, -0.1) is 0 Å². The van der Waals surface area contributed by atoms with E-state index in [1.165, 1.54) is 25.7 Å². The SMILES string of the molecule is CCN1C(=O)N(C)c2cnc(Cl)nc2N1C1CCCCCC1. The molecule has 0 radical (unpaired) electrons. The van der Waals surface area contributed by atoms with Gasteiger partial charge in [0.25, 0.3) is 0 Å². The van der Waals surface area contributed by atoms with Gasteiger partial charge in [0.1, 0.15) is 5.69 Å². The summed E-state index contributed by atoms with van der Waals surface area (Å²) in [5, 5.41) is 4.06. The minimum atomic E-state index is -0.0369. The lowest BCUT2D eigenvalue weighted by molar-refractivity contribution is 0.188. The molecule has 0 spiro atoms. The van der Waals surface area contributed by atoms with Crippen LogP contribution in [0, 0.1) is 0 Å². The lowest BCUT2D eigenvalue weighted by Gasteiger charge is -2.46. The number of rotatable bonds is 2. The predicted molar refractivity (Wildman–Crippen MR) is 87.2 cm³/mol. The standard InChI is InChI=1S/C15H22ClN5O/c1-3-20-15(22)19(2)12-10-17-14(16)18-13(12)21(20)11-8-6-4-5-7-9-11/h10-11H,3-9H2,1-2H3. The van der Waals surface area contributed by atoms with Crippen LogP contribution in [0.15, 0.2) is 6.20 Å². The molecule has 0 bridgehead atoms. The normalized spacial score (nSPS) is 20.1. The predicted octanol–water partition coefficient (Wildman–Crippen LogP) is 3.47. The molecule has 0 atom stereocenters. The van der Waals surface area contributed by atoms with E-state index in [1.807, 2.05) is 6.92 Å². The molecule has 2 heterocycles. The van der Waals surface area contributed by atoms with Gasteiger partial charge in [0, 0.05) is 13.6 Å². The van der Waals surface area contributed by atoms with Gasteiger partial charge in [0.2, 0.25) is 5.28 Å². The molecular formula is C15H22ClN5O. The maximum atomic E-state index is 12.7. The van der Waals surface area contributed by atoms with Gasteiger partial charge in [0.05, 0.1) is 12.2 Å². The molecule has 1 fully saturated rings. The molecule has 0 aromatic carbocycles. The first-order valence-corrected chi connectivity index (χ1v) is 8.38. The van der Waals surface area contributed by atoms with E-state index in [4.69, 9.17) is 11.6 Å². The van der Waals surface area contributed by atoms with Crippen LogP contribution in [0.5, 0.6) is 0 Å². The molecule has 1 aromatic heterocycles. The molecule has 6 nitrogen and oxygen atoms in total. The number of carbonyl (C=O) groups excluding carboxylic acids is 1. The van der Waals surface area contributed by atoms with Crippen molar-refractivity contribution in [2.75, 3.05) is 23.5 Å². The summed E-state index contributed by atoms with van der Waals surface area (Å²) in [4.78, 5) is 22.7. The van der Waals surface area contributed by atoms with Crippen molar-refractivity contribution in [1.82, 2.24) is 15.0 Å². The van der Waals surface area contributed by atoms with Crippen LogP contribution in [0.3, 0.4) is 0 Å². The third-order valence-electron chi connectivity index (χ3n) is 4.54. The first-order valence-electron chi connectivity index (χ1n) is 8.00. The molecule has 1 aliphatic heterocycles. The summed E-state index contributed by atoms with van der Waals surface area (Å²) in [5.74, 6) is 0.746. The summed E-state index contributed by atoms with van der Waals surface area (Å²) in [6.45, 7) is 2.60. The summed E-state index contributed by atoms with van der Waals surface area (Å²) in [6, 6.07) is 0.259. The molecular weight excluding hydrogens is 302 g/mol. The minimum Gasteiger partial charge on any atom is -0.291 e. The largest absolute Gasteiger partial charge is 0.343 e. The molecule has 22 heavy (non-hydrogen) atoms. The maximum absolute atomic E-state index is 12.7. The van der Waals surface area contributed by atoms with E-state index in [2.05, 4.69) is 15.0 Å². The highest BCUT2D eigenvalue weighted by atomic mass is 35.5. The van der Waals surface area contributed by atoms with Crippen molar-refractivity contribution in [2.24, 2.45) is 0 Å². The first-order chi connectivity index (χ1) is 10.6. The molecule has 2 aliphatic rings. The summed E-state index contributed by atoms with van der Waals surface area (Å²) in [5.41, 5.74) is 0.725. The van der Waals surface area contributed by atoms with Crippen molar-refractivity contribution in [3.8, 4) is 0 Å². The summed E-state index contributed by atoms with van der Waals surface area (Å²) >= 11 is 6.02. The van der Waals surface area contributed by atoms with Gasteiger partial charge < -0.3 is 0 Å². The van der Waals surface area contributed by atoms with Crippen LogP contribution >= 0.6 is 11.6 Å². The Labute approximate surface area is 136 Å². The fourth-order valence-corrected chi connectivity index (χ4v) is 3.52. The van der Waals surface area contributed by atoms with Crippen molar-refractivity contribution in [3.63, 3.8) is 0 Å². The van der Waals surface area contributed by atoms with Gasteiger partial charge >= 0.3 is 6.03 Å². The van der Waals surface area contributed by atoms with Crippen molar-refractivity contribution >= 4 is 29.1 Å². The van der Waals surface area contributed by atoms with E-state index in [0.29, 0.717) is 12.6 Å². The molecule has 1 saturated carbocycles. The average Bonchev–Trinajstić information content (AvgIpc) is 2.79. The molecule has 3 rings (SSSR count). The number of aromatic nitrogens is 2. The van der Waals surface area contributed by atoms with E-state index in [9.17, 15) is 4.79 Å². The Kier molecular flexibility index (Phi) is 4.38. The monoisotopic (exact) mass is 323 g/mol. The smallest absolute Gasteiger partial charge is 0.291 e. The van der Waals surface area contributed by atoms with Crippen LogP contribution in [0.1, 0.15) is 45.4 Å². The number of halogens is 1. The van der Waals surface area contributed by atoms with Crippen molar-refractivity contribution < 1.29 is 4.79 Å². The van der Waals surface area contributed by atoms with Gasteiger partial charge in [-0.2, -0.15) is 4.98 Å². The van der Waals surface area contributed by atoms with E-state index >= 15 is 0 Å². The zero-order valence-electron chi connectivity index (χ0n) is 13.1. The second-order valence-corrected chi connectivity index (χ2v) is 6.23. The third kappa shape index (κ3) is 2.60. The van der Waals surface area contributed by atoms with Crippen LogP contribution in [0.4, 0.5) is 16.3 Å². The van der Waals surface area contributed by atoms with Gasteiger partial charge in [-0.1, -0.05) is 25.7 Å². The zero-order chi connectivity index (χ0) is 15.7. The van der Waals surface area contributed by atoms with Crippen molar-refractivity contribution in [3.05, 3.63) is 11.5 Å². The van der Waals surface area contributed by atoms with Crippen LogP contribution in [0.2, 0.25) is 5.28 Å². The molecule has 120 valence electrons. The van der Waals surface area contributed by atoms with E-state index in [1.54, 1.807) is 23.2 Å². The summed E-state index contributed by atoms with van der Waals surface area (Å²) in [7, 11) is 1.76. The Morgan fingerprint density at radius 3 is 2.59 bits per heavy atom. The van der Waals surface area contributed by atoms with Crippen LogP contribution in [-0.4, -0.2) is 40.6 Å². The number of fused-ring (bicyclic) bond motifs is 1. The molecule has 1 aliphatic carbocycles. The summed E-state index contributed by atoms with van der Waals surface area (Å²) in [6.07, 6.45) is 8.71. The summed E-state index contributed by atoms with van der Waals surface area (Å²) < 4.78 is 0. The average molecular weight is 324 g/mol. The lowest BCUT2D eigenvalue weighted by atomic mass is 10.1. The molecule has 0 unspecified atom stereocenters. The minimum absolute atomic E-state index is 0.0369. The van der Waals surface area contributed by atoms with E-state index in [-0.39, 0.29) is 11.3 Å². The zero-order valence-corrected chi connectivity index (χ0v) is 13.9. The Balaban J connectivity index is 2.06. The molecule has 0 saturated heterocycles. The number of nitrogens with zero attached hydrogens (tertiary/aromatic N) is 5. The highest BCUT2D eigenvalue weighted by molar-refractivity contribution is 6.28.